The normalized spacial score (nSPS) is 21.0. The maximum Gasteiger partial charge on any atom is 0.286 e. The lowest BCUT2D eigenvalue weighted by Gasteiger charge is -2.35. The summed E-state index contributed by atoms with van der Waals surface area (Å²) in [7, 11) is -4.19. The zero-order chi connectivity index (χ0) is 22.3. The van der Waals surface area contributed by atoms with Gasteiger partial charge in [0.05, 0.1) is 12.3 Å². The fraction of sp³-hybridized carbons (Fsp3) is 0.250. The molecule has 0 spiro atoms. The molecule has 0 bridgehead atoms. The average Bonchev–Trinajstić information content (AvgIpc) is 2.73. The highest BCUT2D eigenvalue weighted by molar-refractivity contribution is 7.90. The third kappa shape index (κ3) is 3.90. The summed E-state index contributed by atoms with van der Waals surface area (Å²) in [6, 6.07) is 11.5. The number of amides is 1. The van der Waals surface area contributed by atoms with E-state index in [1.165, 1.54) is 23.1 Å². The first kappa shape index (κ1) is 21.0. The molecule has 2 aliphatic heterocycles. The Labute approximate surface area is 178 Å². The molecule has 0 saturated carbocycles. The number of aliphatic hydroxyl groups excluding tert-OH is 1. The Bertz CT molecular complexity index is 1190. The Kier molecular flexibility index (Phi) is 5.25. The Balaban J connectivity index is 1.62. The van der Waals surface area contributed by atoms with Crippen molar-refractivity contribution in [3.8, 4) is 0 Å². The predicted molar refractivity (Wildman–Crippen MR) is 115 cm³/mol. The summed E-state index contributed by atoms with van der Waals surface area (Å²) in [5.74, 6) is -1.10. The molecule has 162 valence electrons. The Morgan fingerprint density at radius 1 is 1.32 bits per heavy atom. The fourth-order valence-corrected chi connectivity index (χ4v) is 4.61. The van der Waals surface area contributed by atoms with Crippen molar-refractivity contribution in [2.75, 3.05) is 23.4 Å². The molecule has 4 rings (SSSR count). The van der Waals surface area contributed by atoms with Gasteiger partial charge in [-0.3, -0.25) is 10.2 Å². The number of anilines is 2. The summed E-state index contributed by atoms with van der Waals surface area (Å²) < 4.78 is 34.4. The third-order valence-electron chi connectivity index (χ3n) is 5.09. The van der Waals surface area contributed by atoms with Crippen molar-refractivity contribution in [2.45, 2.75) is 24.0 Å². The zero-order valence-electron chi connectivity index (χ0n) is 16.6. The fourth-order valence-electron chi connectivity index (χ4n) is 3.43. The molecule has 0 radical (unpaired) electrons. The van der Waals surface area contributed by atoms with E-state index < -0.39 is 28.1 Å². The van der Waals surface area contributed by atoms with Crippen LogP contribution < -0.4 is 16.0 Å². The summed E-state index contributed by atoms with van der Waals surface area (Å²) in [5, 5.41) is 21.0. The number of nitrogens with zero attached hydrogens (tertiary/aromatic N) is 2. The number of hydrogen-bond donors (Lipinski definition) is 4. The van der Waals surface area contributed by atoms with E-state index >= 15 is 0 Å². The van der Waals surface area contributed by atoms with Gasteiger partial charge in [-0.25, -0.2) is 0 Å². The van der Waals surface area contributed by atoms with Crippen LogP contribution in [-0.2, 0) is 19.6 Å². The second-order valence-electron chi connectivity index (χ2n) is 7.26. The number of ether oxygens (including phenoxy) is 1. The lowest BCUT2D eigenvalue weighted by molar-refractivity contribution is -0.139. The van der Waals surface area contributed by atoms with Gasteiger partial charge in [0.25, 0.3) is 15.9 Å². The van der Waals surface area contributed by atoms with E-state index in [0.29, 0.717) is 12.2 Å². The minimum atomic E-state index is -4.19. The Morgan fingerprint density at radius 3 is 2.71 bits per heavy atom. The molecule has 2 heterocycles. The number of nitrogens with one attached hydrogen (secondary N) is 2. The van der Waals surface area contributed by atoms with E-state index in [1.54, 1.807) is 12.1 Å². The number of rotatable bonds is 4. The van der Waals surface area contributed by atoms with Crippen LogP contribution in [-0.4, -0.2) is 56.5 Å². The van der Waals surface area contributed by atoms with Gasteiger partial charge in [-0.15, -0.1) is 4.40 Å². The smallest absolute Gasteiger partial charge is 0.286 e. The molecule has 10 nitrogen and oxygen atoms in total. The van der Waals surface area contributed by atoms with Crippen LogP contribution in [0.25, 0.3) is 0 Å². The van der Waals surface area contributed by atoms with Crippen LogP contribution in [0.15, 0.2) is 51.8 Å². The van der Waals surface area contributed by atoms with Gasteiger partial charge in [0.2, 0.25) is 0 Å². The highest BCUT2D eigenvalue weighted by Crippen LogP contribution is 2.30. The van der Waals surface area contributed by atoms with Crippen LogP contribution in [0.4, 0.5) is 11.4 Å². The van der Waals surface area contributed by atoms with Crippen LogP contribution in [0, 0.1) is 12.3 Å². The molecule has 5 N–H and O–H groups in total. The number of carbonyl (C=O) groups excluding carboxylic acids is 1. The van der Waals surface area contributed by atoms with Crippen molar-refractivity contribution in [3.63, 3.8) is 0 Å². The second kappa shape index (κ2) is 7.76. The SMILES string of the molecule is Cc1ccc(N2CCO[C@H](C(O)C3=NS(=O)(=O)c4cc(C(=N)N)ccc4N3)C2=O)cc1. The molecular formula is C20H21N5O5S. The van der Waals surface area contributed by atoms with Crippen LogP contribution >= 0.6 is 0 Å². The lowest BCUT2D eigenvalue weighted by atomic mass is 10.1. The minimum absolute atomic E-state index is 0.160. The van der Waals surface area contributed by atoms with Crippen molar-refractivity contribution < 1.29 is 23.1 Å². The number of benzene rings is 2. The quantitative estimate of drug-likeness (QED) is 0.397. The number of hydrogen-bond acceptors (Lipinski definition) is 7. The Morgan fingerprint density at radius 2 is 2.03 bits per heavy atom. The van der Waals surface area contributed by atoms with E-state index in [0.717, 1.165) is 5.56 Å². The van der Waals surface area contributed by atoms with Crippen LogP contribution in [0.1, 0.15) is 11.1 Å². The predicted octanol–water partition coefficient (Wildman–Crippen LogP) is 0.585. The van der Waals surface area contributed by atoms with Crippen molar-refractivity contribution in [3.05, 3.63) is 53.6 Å². The van der Waals surface area contributed by atoms with E-state index in [4.69, 9.17) is 15.9 Å². The van der Waals surface area contributed by atoms with Gasteiger partial charge in [0.15, 0.2) is 11.9 Å². The summed E-state index contributed by atoms with van der Waals surface area (Å²) in [4.78, 5) is 14.3. The highest BCUT2D eigenvalue weighted by atomic mass is 32.2. The van der Waals surface area contributed by atoms with E-state index in [1.807, 2.05) is 19.1 Å². The van der Waals surface area contributed by atoms with Crippen LogP contribution in [0.5, 0.6) is 0 Å². The molecule has 2 atom stereocenters. The van der Waals surface area contributed by atoms with Gasteiger partial charge in [-0.05, 0) is 37.3 Å². The number of aryl methyl sites for hydroxylation is 1. The summed E-state index contributed by atoms with van der Waals surface area (Å²) >= 11 is 0. The first-order valence-electron chi connectivity index (χ1n) is 9.45. The van der Waals surface area contributed by atoms with Crippen molar-refractivity contribution >= 4 is 39.0 Å². The maximum atomic E-state index is 13.0. The lowest BCUT2D eigenvalue weighted by Crippen LogP contribution is -2.56. The highest BCUT2D eigenvalue weighted by Gasteiger charge is 2.40. The standard InChI is InChI=1S/C20H21N5O5S/c1-11-2-5-13(6-3-11)25-8-9-30-17(20(25)27)16(26)19-23-14-7-4-12(18(21)22)10-15(14)31(28,29)24-19/h2-7,10,16-17,26H,8-9H2,1H3,(H3,21,22)(H,23,24)/t16?,17-/m1/s1. The molecule has 0 aromatic heterocycles. The largest absolute Gasteiger partial charge is 0.384 e. The molecule has 1 fully saturated rings. The van der Waals surface area contributed by atoms with Gasteiger partial charge in [0.1, 0.15) is 16.8 Å². The number of carbonyl (C=O) groups is 1. The molecule has 2 aromatic rings. The topological polar surface area (TPSA) is 158 Å². The van der Waals surface area contributed by atoms with Crippen LogP contribution in [0.3, 0.4) is 0 Å². The van der Waals surface area contributed by atoms with Gasteiger partial charge in [0, 0.05) is 17.8 Å². The first-order valence-corrected chi connectivity index (χ1v) is 10.9. The molecule has 1 unspecified atom stereocenters. The van der Waals surface area contributed by atoms with Gasteiger partial charge < -0.3 is 25.8 Å². The number of nitrogen functional groups attached to an aromatic ring is 1. The maximum absolute atomic E-state index is 13.0. The first-order chi connectivity index (χ1) is 14.7. The van der Waals surface area contributed by atoms with Gasteiger partial charge in [-0.2, -0.15) is 8.42 Å². The number of sulfonamides is 1. The number of amidine groups is 2. The molecule has 2 aliphatic rings. The van der Waals surface area contributed by atoms with Crippen molar-refractivity contribution in [1.82, 2.24) is 0 Å². The summed E-state index contributed by atoms with van der Waals surface area (Å²) in [6.45, 7) is 2.40. The van der Waals surface area contributed by atoms with Gasteiger partial charge in [-0.1, -0.05) is 17.7 Å². The van der Waals surface area contributed by atoms with E-state index in [-0.39, 0.29) is 34.4 Å². The molecule has 11 heteroatoms. The number of aliphatic hydroxyl groups is 1. The number of fused-ring (bicyclic) bond motifs is 1. The van der Waals surface area contributed by atoms with Crippen LogP contribution in [0.2, 0.25) is 0 Å². The second-order valence-corrected chi connectivity index (χ2v) is 8.84. The number of morpholine rings is 1. The average molecular weight is 443 g/mol. The Hall–Kier alpha value is -3.28. The minimum Gasteiger partial charge on any atom is -0.384 e. The molecule has 2 aromatic carbocycles. The third-order valence-corrected chi connectivity index (χ3v) is 6.42. The summed E-state index contributed by atoms with van der Waals surface area (Å²) in [5.41, 5.74) is 7.51. The zero-order valence-corrected chi connectivity index (χ0v) is 17.4. The monoisotopic (exact) mass is 443 g/mol. The molecule has 0 aliphatic carbocycles. The molecule has 1 amide bonds. The van der Waals surface area contributed by atoms with E-state index in [9.17, 15) is 18.3 Å². The molecular weight excluding hydrogens is 422 g/mol. The summed E-state index contributed by atoms with van der Waals surface area (Å²) in [6.07, 6.45) is -2.95. The van der Waals surface area contributed by atoms with Crippen molar-refractivity contribution in [2.24, 2.45) is 10.1 Å². The van der Waals surface area contributed by atoms with Gasteiger partial charge >= 0.3 is 0 Å². The molecule has 1 saturated heterocycles. The van der Waals surface area contributed by atoms with E-state index in [2.05, 4.69) is 9.71 Å². The molecule has 31 heavy (non-hydrogen) atoms. The van der Waals surface area contributed by atoms with Crippen molar-refractivity contribution in [1.29, 1.82) is 5.41 Å². The number of nitrogens with two attached hydrogens (primary N) is 1.